The Kier molecular flexibility index (Phi) is 4.58. The van der Waals surface area contributed by atoms with Crippen molar-refractivity contribution in [2.45, 2.75) is 44.2 Å². The molecule has 2 aliphatic heterocycles. The van der Waals surface area contributed by atoms with Gasteiger partial charge in [0.05, 0.1) is 0 Å². The van der Waals surface area contributed by atoms with Gasteiger partial charge >= 0.3 is 0 Å². The molecule has 2 aliphatic rings. The number of hydrogen-bond acceptors (Lipinski definition) is 3. The van der Waals surface area contributed by atoms with Crippen LogP contribution in [0.2, 0.25) is 0 Å². The molecule has 1 aromatic carbocycles. The molecule has 0 saturated carbocycles. The van der Waals surface area contributed by atoms with Gasteiger partial charge < -0.3 is 15.0 Å². The van der Waals surface area contributed by atoms with Crippen LogP contribution in [0.3, 0.4) is 0 Å². The van der Waals surface area contributed by atoms with Crippen molar-refractivity contribution in [2.24, 2.45) is 0 Å². The second-order valence-corrected chi connectivity index (χ2v) is 6.23. The molecule has 110 valence electrons. The number of hydrogen-bond donors (Lipinski definition) is 1. The summed E-state index contributed by atoms with van der Waals surface area (Å²) in [4.78, 5) is 2.38. The van der Waals surface area contributed by atoms with Crippen LogP contribution in [0.1, 0.15) is 31.2 Å². The zero-order chi connectivity index (χ0) is 13.8. The third-order valence-electron chi connectivity index (χ3n) is 4.56. The molecule has 1 aromatic rings. The molecule has 0 aromatic heterocycles. The van der Waals surface area contributed by atoms with Crippen molar-refractivity contribution in [1.29, 1.82) is 0 Å². The minimum Gasteiger partial charge on any atom is -0.490 e. The molecule has 20 heavy (non-hydrogen) atoms. The quantitative estimate of drug-likeness (QED) is 0.913. The van der Waals surface area contributed by atoms with Crippen molar-refractivity contribution in [3.63, 3.8) is 0 Å². The highest BCUT2D eigenvalue weighted by atomic mass is 16.5. The molecule has 2 heterocycles. The summed E-state index contributed by atoms with van der Waals surface area (Å²) < 4.78 is 6.29. The number of para-hydroxylation sites is 1. The predicted octanol–water partition coefficient (Wildman–Crippen LogP) is 2.45. The summed E-state index contributed by atoms with van der Waals surface area (Å²) in [6, 6.07) is 9.23. The molecule has 1 N–H and O–H groups in total. The molecule has 2 saturated heterocycles. The molecule has 3 nitrogen and oxygen atoms in total. The molecule has 0 spiro atoms. The molecule has 1 atom stereocenters. The molecule has 0 radical (unpaired) electrons. The van der Waals surface area contributed by atoms with Gasteiger partial charge in [-0.2, -0.15) is 0 Å². The summed E-state index contributed by atoms with van der Waals surface area (Å²) in [6.45, 7) is 3.47. The van der Waals surface area contributed by atoms with Crippen molar-refractivity contribution >= 4 is 0 Å². The Morgan fingerprint density at radius 1 is 1.20 bits per heavy atom. The van der Waals surface area contributed by atoms with E-state index in [0.29, 0.717) is 12.1 Å². The zero-order valence-corrected chi connectivity index (χ0v) is 12.5. The second kappa shape index (κ2) is 6.59. The Balaban J connectivity index is 1.63. The van der Waals surface area contributed by atoms with Crippen LogP contribution in [0.4, 0.5) is 0 Å². The van der Waals surface area contributed by atoms with Gasteiger partial charge in [0.15, 0.2) is 0 Å². The first-order valence-corrected chi connectivity index (χ1v) is 7.98. The fraction of sp³-hybridized carbons (Fsp3) is 0.647. The maximum Gasteiger partial charge on any atom is 0.122 e. The van der Waals surface area contributed by atoms with Gasteiger partial charge in [-0.15, -0.1) is 0 Å². The van der Waals surface area contributed by atoms with E-state index in [1.807, 2.05) is 0 Å². The molecule has 3 heteroatoms. The number of nitrogens with zero attached hydrogens (tertiary/aromatic N) is 1. The highest BCUT2D eigenvalue weighted by molar-refractivity contribution is 5.34. The normalized spacial score (nSPS) is 24.9. The standard InChI is InChI=1S/C17H26N2O/c1-19-11-8-16(9-12-19)20-17-7-3-2-5-14(17)13-15-6-4-10-18-15/h2-3,5,7,15-16,18H,4,6,8-13H2,1H3. The number of nitrogens with one attached hydrogen (secondary N) is 1. The molecule has 0 aliphatic carbocycles. The maximum absolute atomic E-state index is 6.29. The Morgan fingerprint density at radius 3 is 2.75 bits per heavy atom. The van der Waals surface area contributed by atoms with Gasteiger partial charge in [-0.3, -0.25) is 0 Å². The van der Waals surface area contributed by atoms with Gasteiger partial charge in [0.2, 0.25) is 0 Å². The first kappa shape index (κ1) is 13.9. The lowest BCUT2D eigenvalue weighted by atomic mass is 10.0. The van der Waals surface area contributed by atoms with E-state index in [4.69, 9.17) is 4.74 Å². The maximum atomic E-state index is 6.29. The first-order valence-electron chi connectivity index (χ1n) is 7.98. The fourth-order valence-electron chi connectivity index (χ4n) is 3.27. The van der Waals surface area contributed by atoms with Crippen LogP contribution in [-0.4, -0.2) is 43.7 Å². The van der Waals surface area contributed by atoms with Crippen LogP contribution in [0.15, 0.2) is 24.3 Å². The number of rotatable bonds is 4. The van der Waals surface area contributed by atoms with Crippen LogP contribution in [0.25, 0.3) is 0 Å². The summed E-state index contributed by atoms with van der Waals surface area (Å²) >= 11 is 0. The highest BCUT2D eigenvalue weighted by Gasteiger charge is 2.20. The van der Waals surface area contributed by atoms with Crippen molar-refractivity contribution in [1.82, 2.24) is 10.2 Å². The van der Waals surface area contributed by atoms with Crippen molar-refractivity contribution in [3.05, 3.63) is 29.8 Å². The van der Waals surface area contributed by atoms with Gasteiger partial charge in [-0.25, -0.2) is 0 Å². The lowest BCUT2D eigenvalue weighted by molar-refractivity contribution is 0.113. The van der Waals surface area contributed by atoms with Gasteiger partial charge in [0.1, 0.15) is 11.9 Å². The average molecular weight is 274 g/mol. The van der Waals surface area contributed by atoms with E-state index in [2.05, 4.69) is 41.5 Å². The van der Waals surface area contributed by atoms with Gasteiger partial charge in [-0.1, -0.05) is 18.2 Å². The van der Waals surface area contributed by atoms with Crippen LogP contribution in [-0.2, 0) is 6.42 Å². The van der Waals surface area contributed by atoms with E-state index in [1.165, 1.54) is 24.9 Å². The average Bonchev–Trinajstić information content (AvgIpc) is 2.96. The van der Waals surface area contributed by atoms with E-state index >= 15 is 0 Å². The Morgan fingerprint density at radius 2 is 2.00 bits per heavy atom. The largest absolute Gasteiger partial charge is 0.490 e. The Hall–Kier alpha value is -1.06. The molecular formula is C17H26N2O. The lowest BCUT2D eigenvalue weighted by Gasteiger charge is -2.30. The summed E-state index contributed by atoms with van der Waals surface area (Å²) in [5.74, 6) is 1.11. The van der Waals surface area contributed by atoms with Crippen LogP contribution < -0.4 is 10.1 Å². The van der Waals surface area contributed by atoms with Gasteiger partial charge in [0.25, 0.3) is 0 Å². The number of piperidine rings is 1. The minimum atomic E-state index is 0.392. The summed E-state index contributed by atoms with van der Waals surface area (Å²) in [6.07, 6.45) is 6.39. The number of likely N-dealkylation sites (tertiary alicyclic amines) is 1. The van der Waals surface area contributed by atoms with E-state index in [-0.39, 0.29) is 0 Å². The first-order chi connectivity index (χ1) is 9.81. The molecule has 0 amide bonds. The van der Waals surface area contributed by atoms with Crippen molar-refractivity contribution in [3.8, 4) is 5.75 Å². The van der Waals surface area contributed by atoms with Crippen molar-refractivity contribution < 1.29 is 4.74 Å². The molecule has 0 bridgehead atoms. The van der Waals surface area contributed by atoms with Crippen LogP contribution in [0.5, 0.6) is 5.75 Å². The van der Waals surface area contributed by atoms with Gasteiger partial charge in [0, 0.05) is 19.1 Å². The lowest BCUT2D eigenvalue weighted by Crippen LogP contribution is -2.35. The molecule has 2 fully saturated rings. The molecule has 1 unspecified atom stereocenters. The van der Waals surface area contributed by atoms with Gasteiger partial charge in [-0.05, 0) is 57.3 Å². The Bertz CT molecular complexity index is 421. The fourth-order valence-corrected chi connectivity index (χ4v) is 3.27. The van der Waals surface area contributed by atoms with E-state index in [0.717, 1.165) is 38.1 Å². The zero-order valence-electron chi connectivity index (χ0n) is 12.5. The topological polar surface area (TPSA) is 24.5 Å². The highest BCUT2D eigenvalue weighted by Crippen LogP contribution is 2.25. The van der Waals surface area contributed by atoms with Crippen LogP contribution >= 0.6 is 0 Å². The second-order valence-electron chi connectivity index (χ2n) is 6.23. The minimum absolute atomic E-state index is 0.392. The molecular weight excluding hydrogens is 248 g/mol. The number of benzene rings is 1. The Labute approximate surface area is 122 Å². The smallest absolute Gasteiger partial charge is 0.122 e. The SMILES string of the molecule is CN1CCC(Oc2ccccc2CC2CCCN2)CC1. The predicted molar refractivity (Wildman–Crippen MR) is 82.3 cm³/mol. The third-order valence-corrected chi connectivity index (χ3v) is 4.56. The van der Waals surface area contributed by atoms with E-state index in [1.54, 1.807) is 0 Å². The summed E-state index contributed by atoms with van der Waals surface area (Å²) in [5.41, 5.74) is 1.37. The molecule has 3 rings (SSSR count). The summed E-state index contributed by atoms with van der Waals surface area (Å²) in [5, 5.41) is 3.58. The third kappa shape index (κ3) is 3.53. The van der Waals surface area contributed by atoms with Crippen LogP contribution in [0, 0.1) is 0 Å². The monoisotopic (exact) mass is 274 g/mol. The summed E-state index contributed by atoms with van der Waals surface area (Å²) in [7, 11) is 2.19. The van der Waals surface area contributed by atoms with E-state index < -0.39 is 0 Å². The van der Waals surface area contributed by atoms with Crippen molar-refractivity contribution in [2.75, 3.05) is 26.7 Å². The van der Waals surface area contributed by atoms with E-state index in [9.17, 15) is 0 Å². The number of ether oxygens (including phenoxy) is 1.